The maximum absolute atomic E-state index is 14.0. The van der Waals surface area contributed by atoms with E-state index in [9.17, 15) is 14.4 Å². The predicted molar refractivity (Wildman–Crippen MR) is 197 cm³/mol. The molecule has 250 valence electrons. The smallest absolute Gasteiger partial charge is 0.251 e. The summed E-state index contributed by atoms with van der Waals surface area (Å²) in [6.07, 6.45) is 2.95. The van der Waals surface area contributed by atoms with Gasteiger partial charge in [0.2, 0.25) is 5.91 Å². The molecule has 3 amide bonds. The molecule has 4 aromatic carbocycles. The van der Waals surface area contributed by atoms with Gasteiger partial charge in [-0.3, -0.25) is 14.4 Å². The number of carbonyl (C=O) groups is 3. The molecule has 4 atom stereocenters. The molecule has 48 heavy (non-hydrogen) atoms. The van der Waals surface area contributed by atoms with Crippen molar-refractivity contribution in [1.29, 1.82) is 0 Å². The average Bonchev–Trinajstić information content (AvgIpc) is 3.10. The Hall–Kier alpha value is -4.73. The van der Waals surface area contributed by atoms with Crippen molar-refractivity contribution < 1.29 is 14.4 Å². The fraction of sp³-hybridized carbons (Fsp3) is 0.282. The molecule has 1 aliphatic heterocycles. The molecule has 1 saturated heterocycles. The van der Waals surface area contributed by atoms with Crippen LogP contribution in [0.4, 0.5) is 5.69 Å². The molecule has 4 unspecified atom stereocenters. The van der Waals surface area contributed by atoms with Crippen LogP contribution in [-0.4, -0.2) is 67.0 Å². The van der Waals surface area contributed by atoms with Crippen molar-refractivity contribution in [1.82, 2.24) is 20.9 Å². The minimum atomic E-state index is -0.442. The highest BCUT2D eigenvalue weighted by Crippen LogP contribution is 2.26. The first-order chi connectivity index (χ1) is 23.2. The Balaban J connectivity index is 1.38. The van der Waals surface area contributed by atoms with Crippen molar-refractivity contribution in [3.8, 4) is 0 Å². The quantitative estimate of drug-likeness (QED) is 0.162. The lowest BCUT2D eigenvalue weighted by molar-refractivity contribution is -0.136. The highest BCUT2D eigenvalue weighted by Gasteiger charge is 2.31. The Bertz CT molecular complexity index is 1720. The summed E-state index contributed by atoms with van der Waals surface area (Å²) in [5.41, 5.74) is 4.61. The molecule has 1 fully saturated rings. The summed E-state index contributed by atoms with van der Waals surface area (Å²) in [5, 5.41) is 9.70. The first kappa shape index (κ1) is 34.6. The minimum absolute atomic E-state index is 0.0259. The number of hydrogen-bond donors (Lipinski definition) is 3. The maximum Gasteiger partial charge on any atom is 0.251 e. The lowest BCUT2D eigenvalue weighted by Crippen LogP contribution is -2.56. The summed E-state index contributed by atoms with van der Waals surface area (Å²) < 4.78 is 1.96. The number of carbonyl (C=O) groups excluding carboxylic acids is 3. The van der Waals surface area contributed by atoms with Crippen LogP contribution in [0.25, 0.3) is 0 Å². The Labute approximate surface area is 286 Å². The zero-order valence-corrected chi connectivity index (χ0v) is 28.7. The molecule has 4 aromatic rings. The van der Waals surface area contributed by atoms with Gasteiger partial charge < -0.3 is 25.2 Å². The SMILES string of the molecule is C=S(C)N(C)c1cc(C(=O)NC(Cc2ccccc2)CC2NCCN(Cc3ccccc3)C2=O)cc(C(=O)NC(C)c2ccccc2)c1. The van der Waals surface area contributed by atoms with E-state index in [4.69, 9.17) is 0 Å². The van der Waals surface area contributed by atoms with E-state index < -0.39 is 6.04 Å². The van der Waals surface area contributed by atoms with Crippen LogP contribution in [0.5, 0.6) is 0 Å². The van der Waals surface area contributed by atoms with Gasteiger partial charge in [0.15, 0.2) is 0 Å². The van der Waals surface area contributed by atoms with E-state index in [1.807, 2.05) is 120 Å². The first-order valence-electron chi connectivity index (χ1n) is 16.3. The van der Waals surface area contributed by atoms with E-state index >= 15 is 0 Å². The third-order valence-electron chi connectivity index (χ3n) is 8.70. The number of nitrogens with zero attached hydrogens (tertiary/aromatic N) is 2. The Morgan fingerprint density at radius 3 is 2.06 bits per heavy atom. The third-order valence-corrected chi connectivity index (χ3v) is 9.85. The zero-order valence-electron chi connectivity index (χ0n) is 27.9. The summed E-state index contributed by atoms with van der Waals surface area (Å²) in [4.78, 5) is 43.1. The summed E-state index contributed by atoms with van der Waals surface area (Å²) in [7, 11) is 1.51. The van der Waals surface area contributed by atoms with Crippen LogP contribution in [0, 0.1) is 0 Å². The highest BCUT2D eigenvalue weighted by atomic mass is 32.2. The van der Waals surface area contributed by atoms with Gasteiger partial charge in [-0.05, 0) is 60.9 Å². The van der Waals surface area contributed by atoms with Crippen LogP contribution in [-0.2, 0) is 17.8 Å². The molecule has 0 radical (unpaired) electrons. The number of hydrogen-bond acceptors (Lipinski definition) is 5. The fourth-order valence-corrected chi connectivity index (χ4v) is 6.39. The summed E-state index contributed by atoms with van der Waals surface area (Å²) in [5.74, 6) is 3.61. The molecule has 1 aliphatic rings. The number of piperazine rings is 1. The van der Waals surface area contributed by atoms with Crippen LogP contribution in [0.3, 0.4) is 0 Å². The van der Waals surface area contributed by atoms with Crippen LogP contribution < -0.4 is 20.3 Å². The van der Waals surface area contributed by atoms with Gasteiger partial charge in [0.25, 0.3) is 11.8 Å². The first-order valence-corrected chi connectivity index (χ1v) is 18.0. The van der Waals surface area contributed by atoms with Gasteiger partial charge >= 0.3 is 0 Å². The standard InChI is InChI=1S/C39H45N5O3S/c1-28(31-18-12-7-13-19-31)41-37(45)32-23-33(25-35(24-32)43(2)48(3)4)38(46)42-34(22-29-14-8-5-9-15-29)26-36-39(47)44(21-20-40-36)27-30-16-10-6-11-17-30/h5-19,23-25,28,34,36,40H,3,20-22,26-27H2,1-2,4H3,(H,41,45)(H,42,46). The van der Waals surface area contributed by atoms with E-state index in [1.54, 1.807) is 18.2 Å². The van der Waals surface area contributed by atoms with Crippen molar-refractivity contribution in [3.63, 3.8) is 0 Å². The maximum atomic E-state index is 14.0. The molecule has 0 spiro atoms. The van der Waals surface area contributed by atoms with E-state index in [2.05, 4.69) is 21.8 Å². The molecular formula is C39H45N5O3S. The van der Waals surface area contributed by atoms with Gasteiger partial charge in [-0.15, -0.1) is 10.7 Å². The normalized spacial score (nSPS) is 16.4. The van der Waals surface area contributed by atoms with Gasteiger partial charge in [0, 0.05) is 49.5 Å². The largest absolute Gasteiger partial charge is 0.349 e. The Morgan fingerprint density at radius 2 is 1.46 bits per heavy atom. The summed E-state index contributed by atoms with van der Waals surface area (Å²) in [6.45, 7) is 3.78. The zero-order chi connectivity index (χ0) is 34.0. The lowest BCUT2D eigenvalue weighted by Gasteiger charge is -2.35. The van der Waals surface area contributed by atoms with Gasteiger partial charge in [0.05, 0.1) is 12.1 Å². The van der Waals surface area contributed by atoms with Gasteiger partial charge in [-0.2, -0.15) is 0 Å². The van der Waals surface area contributed by atoms with Crippen molar-refractivity contribution >= 4 is 39.9 Å². The average molecular weight is 664 g/mol. The topological polar surface area (TPSA) is 93.8 Å². The summed E-state index contributed by atoms with van der Waals surface area (Å²) >= 11 is 0. The Morgan fingerprint density at radius 1 is 0.896 bits per heavy atom. The van der Waals surface area contributed by atoms with E-state index in [-0.39, 0.29) is 40.5 Å². The fourth-order valence-electron chi connectivity index (χ4n) is 5.92. The molecule has 0 bridgehead atoms. The molecule has 0 aromatic heterocycles. The van der Waals surface area contributed by atoms with Gasteiger partial charge in [0.1, 0.15) is 0 Å². The third kappa shape index (κ3) is 9.20. The highest BCUT2D eigenvalue weighted by molar-refractivity contribution is 8.14. The van der Waals surface area contributed by atoms with E-state index in [0.29, 0.717) is 43.6 Å². The summed E-state index contributed by atoms with van der Waals surface area (Å²) in [6, 6.07) is 33.9. The second kappa shape index (κ2) is 16.4. The molecule has 3 N–H and O–H groups in total. The van der Waals surface area contributed by atoms with Crippen molar-refractivity contribution in [2.24, 2.45) is 0 Å². The molecule has 8 nitrogen and oxygen atoms in total. The lowest BCUT2D eigenvalue weighted by atomic mass is 9.96. The number of amides is 3. The number of rotatable bonds is 13. The number of anilines is 1. The number of nitrogens with one attached hydrogen (secondary N) is 3. The molecule has 0 aliphatic carbocycles. The van der Waals surface area contributed by atoms with Crippen molar-refractivity contribution in [3.05, 3.63) is 137 Å². The van der Waals surface area contributed by atoms with Crippen molar-refractivity contribution in [2.45, 2.75) is 44.4 Å². The van der Waals surface area contributed by atoms with Gasteiger partial charge in [-0.1, -0.05) is 96.9 Å². The van der Waals surface area contributed by atoms with E-state index in [1.165, 1.54) is 0 Å². The minimum Gasteiger partial charge on any atom is -0.349 e. The van der Waals surface area contributed by atoms with E-state index in [0.717, 1.165) is 22.4 Å². The molecule has 5 rings (SSSR count). The van der Waals surface area contributed by atoms with Crippen LogP contribution in [0.15, 0.2) is 109 Å². The molecular weight excluding hydrogens is 619 g/mol. The van der Waals surface area contributed by atoms with Gasteiger partial charge in [-0.25, -0.2) is 0 Å². The van der Waals surface area contributed by atoms with Crippen LogP contribution in [0.2, 0.25) is 0 Å². The second-order valence-corrected chi connectivity index (χ2v) is 14.1. The monoisotopic (exact) mass is 663 g/mol. The van der Waals surface area contributed by atoms with Crippen LogP contribution >= 0.6 is 10.7 Å². The molecule has 0 saturated carbocycles. The molecule has 1 heterocycles. The van der Waals surface area contributed by atoms with Crippen molar-refractivity contribution in [2.75, 3.05) is 30.7 Å². The van der Waals surface area contributed by atoms with Crippen LogP contribution in [0.1, 0.15) is 56.8 Å². The number of benzene rings is 4. The Kier molecular flexibility index (Phi) is 11.8. The second-order valence-electron chi connectivity index (χ2n) is 12.3. The predicted octanol–water partition coefficient (Wildman–Crippen LogP) is 5.59. The molecule has 9 heteroatoms.